The maximum atomic E-state index is 12.8. The van der Waals surface area contributed by atoms with Gasteiger partial charge in [-0.25, -0.2) is 4.79 Å². The Morgan fingerprint density at radius 3 is 2.48 bits per heavy atom. The number of esters is 1. The van der Waals surface area contributed by atoms with Crippen molar-refractivity contribution in [3.8, 4) is 0 Å². The first kappa shape index (κ1) is 17.0. The van der Waals surface area contributed by atoms with E-state index in [9.17, 15) is 9.59 Å². The molecule has 0 spiro atoms. The van der Waals surface area contributed by atoms with Crippen LogP contribution in [-0.2, 0) is 20.9 Å². The molecule has 1 aliphatic heterocycles. The summed E-state index contributed by atoms with van der Waals surface area (Å²) in [5.74, 6) is -0.779. The van der Waals surface area contributed by atoms with Crippen LogP contribution in [0.1, 0.15) is 5.56 Å². The summed E-state index contributed by atoms with van der Waals surface area (Å²) in [5.41, 5.74) is 2.27. The van der Waals surface area contributed by atoms with Gasteiger partial charge in [-0.05, 0) is 29.8 Å². The summed E-state index contributed by atoms with van der Waals surface area (Å²) in [4.78, 5) is 26.4. The smallest absolute Gasteiger partial charge is 0.337 e. The quantitative estimate of drug-likeness (QED) is 0.837. The summed E-state index contributed by atoms with van der Waals surface area (Å²) in [5, 5.41) is 3.67. The van der Waals surface area contributed by atoms with Crippen molar-refractivity contribution >= 4 is 29.2 Å². The van der Waals surface area contributed by atoms with Gasteiger partial charge in [0.2, 0.25) is 0 Å². The normalized spacial score (nSPS) is 14.0. The van der Waals surface area contributed by atoms with Crippen LogP contribution in [0.2, 0.25) is 5.02 Å². The summed E-state index contributed by atoms with van der Waals surface area (Å²) in [6.45, 7) is 0.598. The molecule has 0 bridgehead atoms. The molecule has 1 amide bonds. The van der Waals surface area contributed by atoms with Crippen molar-refractivity contribution in [3.05, 3.63) is 76.5 Å². The Kier molecular flexibility index (Phi) is 5.05. The number of ether oxygens (including phenoxy) is 1. The Bertz CT molecular complexity index is 816. The zero-order valence-electron chi connectivity index (χ0n) is 13.7. The van der Waals surface area contributed by atoms with Crippen LogP contribution < -0.4 is 10.2 Å². The minimum atomic E-state index is -0.514. The second kappa shape index (κ2) is 7.40. The fourth-order valence-electron chi connectivity index (χ4n) is 2.66. The van der Waals surface area contributed by atoms with Crippen molar-refractivity contribution in [1.82, 2.24) is 5.32 Å². The fourth-order valence-corrected chi connectivity index (χ4v) is 2.79. The highest BCUT2D eigenvalue weighted by Gasteiger charge is 2.35. The van der Waals surface area contributed by atoms with E-state index < -0.39 is 5.97 Å². The van der Waals surface area contributed by atoms with Crippen molar-refractivity contribution in [2.75, 3.05) is 18.6 Å². The van der Waals surface area contributed by atoms with Gasteiger partial charge < -0.3 is 15.0 Å². The van der Waals surface area contributed by atoms with Gasteiger partial charge in [0.05, 0.1) is 19.2 Å². The number of hydrogen-bond donors (Lipinski definition) is 1. The van der Waals surface area contributed by atoms with E-state index in [1.165, 1.54) is 12.0 Å². The molecule has 6 heteroatoms. The highest BCUT2D eigenvalue weighted by molar-refractivity contribution is 6.30. The zero-order valence-corrected chi connectivity index (χ0v) is 14.4. The van der Waals surface area contributed by atoms with Crippen LogP contribution in [0.15, 0.2) is 65.9 Å². The van der Waals surface area contributed by atoms with E-state index >= 15 is 0 Å². The summed E-state index contributed by atoms with van der Waals surface area (Å²) in [6.07, 6.45) is 0. The second-order valence-corrected chi connectivity index (χ2v) is 5.99. The molecule has 25 heavy (non-hydrogen) atoms. The number of hydrogen-bond acceptors (Lipinski definition) is 4. The highest BCUT2D eigenvalue weighted by atomic mass is 35.5. The molecule has 3 rings (SSSR count). The number of benzene rings is 2. The van der Waals surface area contributed by atoms with Crippen LogP contribution >= 0.6 is 11.6 Å². The van der Waals surface area contributed by atoms with Crippen molar-refractivity contribution in [2.24, 2.45) is 0 Å². The third-order valence-electron chi connectivity index (χ3n) is 3.96. The summed E-state index contributed by atoms with van der Waals surface area (Å²) < 4.78 is 4.83. The Hall–Kier alpha value is -2.79. The molecule has 0 atom stereocenters. The molecule has 0 saturated carbocycles. The molecular formula is C19H17ClN2O3. The molecule has 1 heterocycles. The third-order valence-corrected chi connectivity index (χ3v) is 4.21. The van der Waals surface area contributed by atoms with E-state index in [1.54, 1.807) is 24.3 Å². The van der Waals surface area contributed by atoms with Crippen LogP contribution in [0, 0.1) is 0 Å². The Balaban J connectivity index is 1.84. The standard InChI is InChI=1S/C19H17ClN2O3/c1-25-19(24)16-12-22(15-9-7-14(20)8-10-15)18(23)17(16)21-11-13-5-3-2-4-6-13/h2-10,21H,11-12H2,1H3. The first-order valence-electron chi connectivity index (χ1n) is 7.77. The minimum Gasteiger partial charge on any atom is -0.466 e. The molecule has 0 aromatic heterocycles. The molecule has 1 N–H and O–H groups in total. The van der Waals surface area contributed by atoms with Crippen molar-refractivity contribution < 1.29 is 14.3 Å². The lowest BCUT2D eigenvalue weighted by Gasteiger charge is -2.17. The number of carbonyl (C=O) groups excluding carboxylic acids is 2. The largest absolute Gasteiger partial charge is 0.466 e. The number of rotatable bonds is 5. The molecule has 2 aromatic carbocycles. The van der Waals surface area contributed by atoms with Gasteiger partial charge in [-0.3, -0.25) is 4.79 Å². The minimum absolute atomic E-state index is 0.157. The first-order chi connectivity index (χ1) is 12.1. The van der Waals surface area contributed by atoms with Crippen LogP contribution in [0.25, 0.3) is 0 Å². The monoisotopic (exact) mass is 356 g/mol. The van der Waals surface area contributed by atoms with Gasteiger partial charge >= 0.3 is 5.97 Å². The average Bonchev–Trinajstić information content (AvgIpc) is 2.97. The summed E-state index contributed by atoms with van der Waals surface area (Å²) >= 11 is 5.90. The number of nitrogens with zero attached hydrogens (tertiary/aromatic N) is 1. The fraction of sp³-hybridized carbons (Fsp3) is 0.158. The van der Waals surface area contributed by atoms with Crippen molar-refractivity contribution in [1.29, 1.82) is 0 Å². The SMILES string of the molecule is COC(=O)C1=C(NCc2ccccc2)C(=O)N(c2ccc(Cl)cc2)C1. The van der Waals surface area contributed by atoms with Crippen LogP contribution in [-0.4, -0.2) is 25.5 Å². The topological polar surface area (TPSA) is 58.6 Å². The van der Waals surface area contributed by atoms with E-state index in [0.717, 1.165) is 5.56 Å². The predicted octanol–water partition coefficient (Wildman–Crippen LogP) is 2.90. The summed E-state index contributed by atoms with van der Waals surface area (Å²) in [6, 6.07) is 16.6. The first-order valence-corrected chi connectivity index (χ1v) is 8.14. The van der Waals surface area contributed by atoms with Gasteiger partial charge in [-0.1, -0.05) is 41.9 Å². The number of nitrogens with one attached hydrogen (secondary N) is 1. The van der Waals surface area contributed by atoms with Gasteiger partial charge in [0.15, 0.2) is 0 Å². The number of methoxy groups -OCH3 is 1. The van der Waals surface area contributed by atoms with Gasteiger partial charge in [-0.2, -0.15) is 0 Å². The van der Waals surface area contributed by atoms with Crippen LogP contribution in [0.5, 0.6) is 0 Å². The van der Waals surface area contributed by atoms with Gasteiger partial charge in [0.25, 0.3) is 5.91 Å². The maximum absolute atomic E-state index is 12.8. The van der Waals surface area contributed by atoms with E-state index in [0.29, 0.717) is 22.8 Å². The van der Waals surface area contributed by atoms with Gasteiger partial charge in [-0.15, -0.1) is 0 Å². The lowest BCUT2D eigenvalue weighted by molar-refractivity contribution is -0.136. The Morgan fingerprint density at radius 2 is 1.84 bits per heavy atom. The average molecular weight is 357 g/mol. The second-order valence-electron chi connectivity index (χ2n) is 5.55. The molecule has 2 aromatic rings. The Morgan fingerprint density at radius 1 is 1.16 bits per heavy atom. The molecule has 5 nitrogen and oxygen atoms in total. The number of halogens is 1. The predicted molar refractivity (Wildman–Crippen MR) is 96.1 cm³/mol. The molecule has 0 unspecified atom stereocenters. The molecule has 0 radical (unpaired) electrons. The van der Waals surface area contributed by atoms with E-state index in [4.69, 9.17) is 16.3 Å². The number of carbonyl (C=O) groups is 2. The number of anilines is 1. The molecular weight excluding hydrogens is 340 g/mol. The zero-order chi connectivity index (χ0) is 17.8. The molecule has 0 aliphatic carbocycles. The number of amides is 1. The van der Waals surface area contributed by atoms with Crippen LogP contribution in [0.3, 0.4) is 0 Å². The van der Waals surface area contributed by atoms with Crippen molar-refractivity contribution in [3.63, 3.8) is 0 Å². The Labute approximate surface area is 150 Å². The third kappa shape index (κ3) is 3.67. The highest BCUT2D eigenvalue weighted by Crippen LogP contribution is 2.26. The van der Waals surface area contributed by atoms with E-state index in [2.05, 4.69) is 5.32 Å². The maximum Gasteiger partial charge on any atom is 0.337 e. The molecule has 0 fully saturated rings. The van der Waals surface area contributed by atoms with Crippen molar-refractivity contribution in [2.45, 2.75) is 6.54 Å². The summed E-state index contributed by atoms with van der Waals surface area (Å²) in [7, 11) is 1.31. The molecule has 0 saturated heterocycles. The molecule has 128 valence electrons. The molecule has 1 aliphatic rings. The van der Waals surface area contributed by atoms with Gasteiger partial charge in [0.1, 0.15) is 5.70 Å². The van der Waals surface area contributed by atoms with Crippen LogP contribution in [0.4, 0.5) is 5.69 Å². The van der Waals surface area contributed by atoms with E-state index in [-0.39, 0.29) is 18.1 Å². The van der Waals surface area contributed by atoms with Gasteiger partial charge in [0, 0.05) is 17.3 Å². The van der Waals surface area contributed by atoms with E-state index in [1.807, 2.05) is 30.3 Å². The lowest BCUT2D eigenvalue weighted by atomic mass is 10.2. The lowest BCUT2D eigenvalue weighted by Crippen LogP contribution is -2.30.